The summed E-state index contributed by atoms with van der Waals surface area (Å²) in [5.74, 6) is 0.916. The number of aliphatic hydroxyl groups excluding tert-OH is 1. The number of nitrogens with one attached hydrogen (secondary N) is 1. The minimum absolute atomic E-state index is 0.147. The van der Waals surface area contributed by atoms with Crippen LogP contribution in [0.1, 0.15) is 29.0 Å². The molecule has 4 rings (SSSR count). The summed E-state index contributed by atoms with van der Waals surface area (Å²) < 4.78 is 11.0. The first-order valence-corrected chi connectivity index (χ1v) is 10.2. The van der Waals surface area contributed by atoms with Crippen LogP contribution in [0.15, 0.2) is 52.9 Å². The molecule has 0 spiro atoms. The fraction of sp³-hybridized carbons (Fsp3) is 0.261. The van der Waals surface area contributed by atoms with Crippen molar-refractivity contribution in [3.63, 3.8) is 0 Å². The molecule has 9 heteroatoms. The number of amides is 1. The van der Waals surface area contributed by atoms with E-state index in [1.165, 1.54) is 19.2 Å². The highest BCUT2D eigenvalue weighted by Gasteiger charge is 2.23. The predicted octanol–water partition coefficient (Wildman–Crippen LogP) is 4.21. The molecule has 0 atom stereocenters. The van der Waals surface area contributed by atoms with Gasteiger partial charge < -0.3 is 24.5 Å². The third kappa shape index (κ3) is 4.28. The number of furan rings is 1. The Labute approximate surface area is 184 Å². The van der Waals surface area contributed by atoms with E-state index < -0.39 is 10.8 Å². The van der Waals surface area contributed by atoms with Crippen LogP contribution in [0.3, 0.4) is 0 Å². The van der Waals surface area contributed by atoms with Crippen LogP contribution >= 0.6 is 0 Å². The maximum atomic E-state index is 13.3. The number of ether oxygens (including phenoxy) is 1. The number of nitrogens with zero attached hydrogens (tertiary/aromatic N) is 2. The first kappa shape index (κ1) is 21.4. The van der Waals surface area contributed by atoms with Gasteiger partial charge in [-0.2, -0.15) is 0 Å². The Morgan fingerprint density at radius 1 is 1.19 bits per heavy atom. The average molecular weight is 437 g/mol. The van der Waals surface area contributed by atoms with Gasteiger partial charge in [-0.25, -0.2) is 0 Å². The van der Waals surface area contributed by atoms with Crippen molar-refractivity contribution in [3.05, 3.63) is 70.0 Å². The van der Waals surface area contributed by atoms with Crippen LogP contribution in [-0.2, 0) is 6.61 Å². The number of anilines is 2. The summed E-state index contributed by atoms with van der Waals surface area (Å²) in [6.45, 7) is 1.37. The van der Waals surface area contributed by atoms with Gasteiger partial charge in [0.05, 0.1) is 29.0 Å². The molecule has 1 aliphatic rings. The van der Waals surface area contributed by atoms with Crippen LogP contribution in [-0.4, -0.2) is 36.1 Å². The van der Waals surface area contributed by atoms with E-state index in [-0.39, 0.29) is 17.9 Å². The molecule has 1 aromatic heterocycles. The molecule has 1 aliphatic heterocycles. The monoisotopic (exact) mass is 437 g/mol. The standard InChI is InChI=1S/C23H23N3O6/c1-31-22-8-4-15(21-9-6-17(14-27)32-21)12-19(22)24-23(28)18-13-16(26(29)30)5-7-20(18)25-10-2-3-11-25/h4-9,12-13,27H,2-3,10-11,14H2,1H3,(H,24,28). The Morgan fingerprint density at radius 3 is 2.62 bits per heavy atom. The van der Waals surface area contributed by atoms with Crippen molar-refractivity contribution >= 4 is 23.0 Å². The number of benzene rings is 2. The zero-order valence-electron chi connectivity index (χ0n) is 17.5. The van der Waals surface area contributed by atoms with E-state index in [0.717, 1.165) is 25.9 Å². The molecule has 3 aromatic rings. The average Bonchev–Trinajstić information content (AvgIpc) is 3.51. The van der Waals surface area contributed by atoms with Crippen LogP contribution in [0.25, 0.3) is 11.3 Å². The van der Waals surface area contributed by atoms with Crippen LogP contribution in [0.4, 0.5) is 17.1 Å². The van der Waals surface area contributed by atoms with E-state index in [9.17, 15) is 20.0 Å². The number of nitro groups is 1. The van der Waals surface area contributed by atoms with Crippen molar-refractivity contribution in [1.29, 1.82) is 0 Å². The number of nitro benzene ring substituents is 1. The van der Waals surface area contributed by atoms with Crippen molar-refractivity contribution in [1.82, 2.24) is 0 Å². The van der Waals surface area contributed by atoms with Gasteiger partial charge in [0.15, 0.2) is 0 Å². The SMILES string of the molecule is COc1ccc(-c2ccc(CO)o2)cc1NC(=O)c1cc([N+](=O)[O-])ccc1N1CCCC1. The number of carbonyl (C=O) groups is 1. The lowest BCUT2D eigenvalue weighted by Gasteiger charge is -2.21. The fourth-order valence-electron chi connectivity index (χ4n) is 3.82. The number of non-ortho nitro benzene ring substituents is 1. The fourth-order valence-corrected chi connectivity index (χ4v) is 3.82. The van der Waals surface area contributed by atoms with Crippen molar-refractivity contribution in [3.8, 4) is 17.1 Å². The summed E-state index contributed by atoms with van der Waals surface area (Å²) in [7, 11) is 1.49. The van der Waals surface area contributed by atoms with Crippen molar-refractivity contribution < 1.29 is 24.0 Å². The lowest BCUT2D eigenvalue weighted by atomic mass is 10.1. The Bertz CT molecular complexity index is 1150. The Hall–Kier alpha value is -3.85. The lowest BCUT2D eigenvalue weighted by Crippen LogP contribution is -2.23. The molecule has 0 unspecified atom stereocenters. The summed E-state index contributed by atoms with van der Waals surface area (Å²) in [6.07, 6.45) is 2.01. The van der Waals surface area contributed by atoms with Crippen LogP contribution < -0.4 is 15.0 Å². The molecule has 0 radical (unpaired) electrons. The maximum absolute atomic E-state index is 13.3. The zero-order valence-corrected chi connectivity index (χ0v) is 17.5. The van der Waals surface area contributed by atoms with Gasteiger partial charge in [0.1, 0.15) is 23.9 Å². The van der Waals surface area contributed by atoms with Crippen LogP contribution in [0, 0.1) is 10.1 Å². The van der Waals surface area contributed by atoms with E-state index in [2.05, 4.69) is 10.2 Å². The smallest absolute Gasteiger partial charge is 0.270 e. The van der Waals surface area contributed by atoms with Gasteiger partial charge in [-0.1, -0.05) is 0 Å². The largest absolute Gasteiger partial charge is 0.495 e. The third-order valence-corrected chi connectivity index (χ3v) is 5.43. The molecule has 0 saturated carbocycles. The highest BCUT2D eigenvalue weighted by molar-refractivity contribution is 6.09. The molecular weight excluding hydrogens is 414 g/mol. The normalized spacial score (nSPS) is 13.2. The number of hydrogen-bond acceptors (Lipinski definition) is 7. The zero-order chi connectivity index (χ0) is 22.7. The quantitative estimate of drug-likeness (QED) is 0.420. The van der Waals surface area contributed by atoms with E-state index in [1.807, 2.05) is 0 Å². The summed E-state index contributed by atoms with van der Waals surface area (Å²) in [6, 6.07) is 12.9. The Kier molecular flexibility index (Phi) is 6.09. The first-order valence-electron chi connectivity index (χ1n) is 10.2. The van der Waals surface area contributed by atoms with E-state index in [4.69, 9.17) is 9.15 Å². The Balaban J connectivity index is 1.69. The molecule has 0 bridgehead atoms. The second kappa shape index (κ2) is 9.11. The molecule has 2 heterocycles. The second-order valence-electron chi connectivity index (χ2n) is 7.45. The number of carbonyl (C=O) groups excluding carboxylic acids is 1. The van der Waals surface area contributed by atoms with Crippen molar-refractivity contribution in [2.45, 2.75) is 19.4 Å². The number of hydrogen-bond donors (Lipinski definition) is 2. The van der Waals surface area contributed by atoms with Crippen LogP contribution in [0.5, 0.6) is 5.75 Å². The summed E-state index contributed by atoms with van der Waals surface area (Å²) in [4.78, 5) is 26.1. The molecule has 2 N–H and O–H groups in total. The van der Waals surface area contributed by atoms with Gasteiger partial charge in [0.25, 0.3) is 11.6 Å². The second-order valence-corrected chi connectivity index (χ2v) is 7.45. The van der Waals surface area contributed by atoms with Gasteiger partial charge in [-0.3, -0.25) is 14.9 Å². The van der Waals surface area contributed by atoms with E-state index in [0.29, 0.717) is 34.2 Å². The molecule has 1 amide bonds. The summed E-state index contributed by atoms with van der Waals surface area (Å²) >= 11 is 0. The topological polar surface area (TPSA) is 118 Å². The highest BCUT2D eigenvalue weighted by Crippen LogP contribution is 2.34. The molecule has 166 valence electrons. The minimum Gasteiger partial charge on any atom is -0.495 e. The maximum Gasteiger partial charge on any atom is 0.270 e. The number of aliphatic hydroxyl groups is 1. The van der Waals surface area contributed by atoms with Crippen molar-refractivity contribution in [2.24, 2.45) is 0 Å². The van der Waals surface area contributed by atoms with Gasteiger partial charge in [0.2, 0.25) is 0 Å². The molecule has 2 aromatic carbocycles. The predicted molar refractivity (Wildman–Crippen MR) is 119 cm³/mol. The van der Waals surface area contributed by atoms with E-state index in [1.54, 1.807) is 36.4 Å². The summed E-state index contributed by atoms with van der Waals surface area (Å²) in [5.41, 5.74) is 1.83. The van der Waals surface area contributed by atoms with Gasteiger partial charge >= 0.3 is 0 Å². The lowest BCUT2D eigenvalue weighted by molar-refractivity contribution is -0.384. The van der Waals surface area contributed by atoms with Gasteiger partial charge in [0, 0.05) is 30.8 Å². The Morgan fingerprint density at radius 2 is 1.97 bits per heavy atom. The third-order valence-electron chi connectivity index (χ3n) is 5.43. The first-order chi connectivity index (χ1) is 15.5. The number of rotatable bonds is 7. The molecule has 1 saturated heterocycles. The molecule has 1 fully saturated rings. The van der Waals surface area contributed by atoms with Gasteiger partial charge in [-0.15, -0.1) is 0 Å². The molecule has 0 aliphatic carbocycles. The minimum atomic E-state index is -0.513. The molecule has 9 nitrogen and oxygen atoms in total. The van der Waals surface area contributed by atoms with E-state index >= 15 is 0 Å². The molecular formula is C23H23N3O6. The van der Waals surface area contributed by atoms with Crippen LogP contribution in [0.2, 0.25) is 0 Å². The highest BCUT2D eigenvalue weighted by atomic mass is 16.6. The van der Waals surface area contributed by atoms with Crippen molar-refractivity contribution in [2.75, 3.05) is 30.4 Å². The van der Waals surface area contributed by atoms with Gasteiger partial charge in [-0.05, 0) is 49.2 Å². The molecule has 32 heavy (non-hydrogen) atoms. The number of methoxy groups -OCH3 is 1. The summed E-state index contributed by atoms with van der Waals surface area (Å²) in [5, 5.41) is 23.4.